The van der Waals surface area contributed by atoms with E-state index in [0.29, 0.717) is 17.8 Å². The first kappa shape index (κ1) is 7.77. The van der Waals surface area contributed by atoms with E-state index in [-0.39, 0.29) is 0 Å². The highest BCUT2D eigenvalue weighted by atomic mass is 16.1. The van der Waals surface area contributed by atoms with E-state index in [1.54, 1.807) is 12.3 Å². The van der Waals surface area contributed by atoms with Crippen molar-refractivity contribution >= 4 is 23.9 Å². The predicted molar refractivity (Wildman–Crippen MR) is 50.7 cm³/mol. The van der Waals surface area contributed by atoms with Crippen LogP contribution in [0.4, 0.5) is 5.82 Å². The van der Waals surface area contributed by atoms with E-state index in [1.807, 2.05) is 18.1 Å². The van der Waals surface area contributed by atoms with Gasteiger partial charge in [0, 0.05) is 23.4 Å². The minimum atomic E-state index is 0.459. The van der Waals surface area contributed by atoms with Crippen molar-refractivity contribution in [3.8, 4) is 0 Å². The second-order valence-electron chi connectivity index (χ2n) is 2.88. The van der Waals surface area contributed by atoms with E-state index in [4.69, 9.17) is 5.73 Å². The molecule has 64 valence electrons. The normalized spacial score (nSPS) is 13.7. The van der Waals surface area contributed by atoms with Crippen molar-refractivity contribution in [2.75, 3.05) is 5.73 Å². The van der Waals surface area contributed by atoms with Crippen LogP contribution in [0.1, 0.15) is 6.42 Å². The Kier molecular flexibility index (Phi) is 1.72. The van der Waals surface area contributed by atoms with Gasteiger partial charge in [0.15, 0.2) is 0 Å². The van der Waals surface area contributed by atoms with Gasteiger partial charge in [-0.2, -0.15) is 0 Å². The Balaban J connectivity index is 2.86. The number of anilines is 1. The van der Waals surface area contributed by atoms with Crippen LogP contribution in [0, 0.1) is 0 Å². The first-order valence-electron chi connectivity index (χ1n) is 3.97. The fourth-order valence-electron chi connectivity index (χ4n) is 1.36. The van der Waals surface area contributed by atoms with Crippen LogP contribution in [0.2, 0.25) is 0 Å². The third kappa shape index (κ3) is 1.25. The van der Waals surface area contributed by atoms with Gasteiger partial charge in [-0.05, 0) is 17.4 Å². The third-order valence-corrected chi connectivity index (χ3v) is 2.05. The summed E-state index contributed by atoms with van der Waals surface area (Å²) < 4.78 is 0. The monoisotopic (exact) mass is 172 g/mol. The van der Waals surface area contributed by atoms with Gasteiger partial charge in [-0.3, -0.25) is 0 Å². The molecule has 0 saturated carbocycles. The maximum absolute atomic E-state index is 10.4. The number of aromatic nitrogens is 1. The van der Waals surface area contributed by atoms with Crippen molar-refractivity contribution in [1.29, 1.82) is 0 Å². The molecular weight excluding hydrogens is 164 g/mol. The van der Waals surface area contributed by atoms with Gasteiger partial charge in [-0.25, -0.2) is 9.78 Å². The molecule has 1 aliphatic carbocycles. The van der Waals surface area contributed by atoms with E-state index in [2.05, 4.69) is 4.98 Å². The molecule has 0 bridgehead atoms. The molecule has 1 aromatic heterocycles. The van der Waals surface area contributed by atoms with Crippen LogP contribution < -0.4 is 16.2 Å². The summed E-state index contributed by atoms with van der Waals surface area (Å²) in [6.07, 6.45) is 5.98. The lowest BCUT2D eigenvalue weighted by molar-refractivity contribution is 0.567. The predicted octanol–water partition coefficient (Wildman–Crippen LogP) is -0.613. The maximum Gasteiger partial charge on any atom is 0.131 e. The van der Waals surface area contributed by atoms with Gasteiger partial charge in [-0.15, -0.1) is 0 Å². The molecule has 2 N–H and O–H groups in total. The molecule has 0 amide bonds. The Hall–Kier alpha value is -1.86. The molecule has 1 aromatic rings. The van der Waals surface area contributed by atoms with Gasteiger partial charge >= 0.3 is 0 Å². The van der Waals surface area contributed by atoms with E-state index in [9.17, 15) is 4.79 Å². The minimum Gasteiger partial charge on any atom is -0.383 e. The molecule has 0 saturated heterocycles. The number of fused-ring (bicyclic) bond motifs is 1. The molecule has 0 spiro atoms. The number of carbonyl (C=O) groups excluding carboxylic acids is 1. The van der Waals surface area contributed by atoms with Crippen LogP contribution in [0.5, 0.6) is 0 Å². The summed E-state index contributed by atoms with van der Waals surface area (Å²) in [5.74, 6) is 2.33. The minimum absolute atomic E-state index is 0.459. The molecule has 0 unspecified atom stereocenters. The van der Waals surface area contributed by atoms with Crippen LogP contribution >= 0.6 is 0 Å². The highest BCUT2D eigenvalue weighted by Gasteiger charge is 2.01. The summed E-state index contributed by atoms with van der Waals surface area (Å²) in [6, 6.07) is 1.88. The second-order valence-corrected chi connectivity index (χ2v) is 2.88. The molecule has 3 heteroatoms. The molecule has 1 heterocycles. The maximum atomic E-state index is 10.4. The Morgan fingerprint density at radius 1 is 1.54 bits per heavy atom. The van der Waals surface area contributed by atoms with E-state index in [0.717, 1.165) is 10.4 Å². The molecule has 0 fully saturated rings. The van der Waals surface area contributed by atoms with E-state index >= 15 is 0 Å². The van der Waals surface area contributed by atoms with E-state index in [1.165, 1.54) is 0 Å². The lowest BCUT2D eigenvalue weighted by Gasteiger charge is -2.01. The number of pyridine rings is 1. The fourth-order valence-corrected chi connectivity index (χ4v) is 1.36. The van der Waals surface area contributed by atoms with Gasteiger partial charge in [0.05, 0.1) is 0 Å². The van der Waals surface area contributed by atoms with Crippen LogP contribution in [-0.4, -0.2) is 10.9 Å². The summed E-state index contributed by atoms with van der Waals surface area (Å²) in [6.45, 7) is 0. The number of hydrogen-bond acceptors (Lipinski definition) is 3. The van der Waals surface area contributed by atoms with Gasteiger partial charge < -0.3 is 5.73 Å². The molecule has 1 aliphatic rings. The average molecular weight is 172 g/mol. The SMILES string of the molecule is Nc1nccc2c1=CC(=C=O)CC=2. The zero-order chi connectivity index (χ0) is 9.26. The third-order valence-electron chi connectivity index (χ3n) is 2.05. The Labute approximate surface area is 74.9 Å². The van der Waals surface area contributed by atoms with E-state index < -0.39 is 0 Å². The quantitative estimate of drug-likeness (QED) is 0.531. The number of nitrogens with two attached hydrogens (primary N) is 1. The largest absolute Gasteiger partial charge is 0.383 e. The number of nitrogen functional groups attached to an aromatic ring is 1. The molecule has 0 atom stereocenters. The smallest absolute Gasteiger partial charge is 0.131 e. The first-order valence-corrected chi connectivity index (χ1v) is 3.97. The highest BCUT2D eigenvalue weighted by molar-refractivity contribution is 5.73. The first-order chi connectivity index (χ1) is 6.31. The summed E-state index contributed by atoms with van der Waals surface area (Å²) in [5.41, 5.74) is 6.27. The second kappa shape index (κ2) is 2.88. The van der Waals surface area contributed by atoms with Gasteiger partial charge in [0.1, 0.15) is 11.8 Å². The van der Waals surface area contributed by atoms with Crippen molar-refractivity contribution in [2.24, 2.45) is 0 Å². The van der Waals surface area contributed by atoms with Gasteiger partial charge in [0.25, 0.3) is 0 Å². The highest BCUT2D eigenvalue weighted by Crippen LogP contribution is 2.02. The van der Waals surface area contributed by atoms with Crippen molar-refractivity contribution in [3.63, 3.8) is 0 Å². The standard InChI is InChI=1S/C10H8N2O/c11-10-9-5-7(6-13)1-2-8(9)3-4-12-10/h2-5H,1H2,(H2,11,12). The molecule has 0 radical (unpaired) electrons. The Morgan fingerprint density at radius 3 is 3.15 bits per heavy atom. The van der Waals surface area contributed by atoms with Crippen molar-refractivity contribution in [3.05, 3.63) is 28.3 Å². The van der Waals surface area contributed by atoms with Crippen molar-refractivity contribution in [1.82, 2.24) is 4.98 Å². The lowest BCUT2D eigenvalue weighted by atomic mass is 10.1. The molecule has 0 aromatic carbocycles. The fraction of sp³-hybridized carbons (Fsp3) is 0.100. The number of rotatable bonds is 0. The van der Waals surface area contributed by atoms with Crippen LogP contribution in [-0.2, 0) is 4.79 Å². The van der Waals surface area contributed by atoms with Crippen LogP contribution in [0.15, 0.2) is 17.8 Å². The zero-order valence-electron chi connectivity index (χ0n) is 6.95. The van der Waals surface area contributed by atoms with Gasteiger partial charge in [-0.1, -0.05) is 6.08 Å². The Bertz CT molecular complexity index is 510. The lowest BCUT2D eigenvalue weighted by Crippen LogP contribution is -2.30. The number of allylic oxidation sites excluding steroid dienone is 1. The summed E-state index contributed by atoms with van der Waals surface area (Å²) in [7, 11) is 0. The molecule has 2 rings (SSSR count). The Morgan fingerprint density at radius 2 is 2.38 bits per heavy atom. The van der Waals surface area contributed by atoms with Crippen LogP contribution in [0.3, 0.4) is 0 Å². The summed E-state index contributed by atoms with van der Waals surface area (Å²) >= 11 is 0. The molecule has 13 heavy (non-hydrogen) atoms. The van der Waals surface area contributed by atoms with Gasteiger partial charge in [0.2, 0.25) is 0 Å². The average Bonchev–Trinajstić information content (AvgIpc) is 2.18. The molecule has 3 nitrogen and oxygen atoms in total. The van der Waals surface area contributed by atoms with Crippen molar-refractivity contribution < 1.29 is 4.79 Å². The van der Waals surface area contributed by atoms with Crippen LogP contribution in [0.25, 0.3) is 12.2 Å². The number of hydrogen-bond donors (Lipinski definition) is 1. The van der Waals surface area contributed by atoms with Crippen molar-refractivity contribution in [2.45, 2.75) is 6.42 Å². The topological polar surface area (TPSA) is 56.0 Å². The molecular formula is C10H8N2O. The summed E-state index contributed by atoms with van der Waals surface area (Å²) in [4.78, 5) is 14.4. The number of nitrogens with zero attached hydrogens (tertiary/aromatic N) is 1. The zero-order valence-corrected chi connectivity index (χ0v) is 6.95. The summed E-state index contributed by atoms with van der Waals surface area (Å²) in [5, 5.41) is 1.86. The molecule has 0 aliphatic heterocycles.